The van der Waals surface area contributed by atoms with Gasteiger partial charge in [0.25, 0.3) is 0 Å². The zero-order valence-electron chi connectivity index (χ0n) is 15.2. The third kappa shape index (κ3) is 3.16. The van der Waals surface area contributed by atoms with Crippen LogP contribution in [-0.4, -0.2) is 31.7 Å². The molecule has 0 fully saturated rings. The molecule has 0 aliphatic carbocycles. The average molecular weight is 354 g/mol. The fourth-order valence-corrected chi connectivity index (χ4v) is 2.87. The molecular weight excluding hydrogens is 332 g/mol. The molecule has 3 aromatic rings. The van der Waals surface area contributed by atoms with Crippen molar-refractivity contribution in [3.63, 3.8) is 0 Å². The number of nitrogens with two attached hydrogens (primary N) is 1. The summed E-state index contributed by atoms with van der Waals surface area (Å²) in [6, 6.07) is 11.6. The number of methoxy groups -OCH3 is 3. The average Bonchev–Trinajstić information content (AvgIpc) is 3.05. The molecule has 0 amide bonds. The zero-order chi connectivity index (χ0) is 18.7. The smallest absolute Gasteiger partial charge is 0.203 e. The summed E-state index contributed by atoms with van der Waals surface area (Å²) in [5, 5.41) is 1.11. The Balaban J connectivity index is 2.07. The molecule has 0 unspecified atom stereocenters. The number of fused-ring (bicyclic) bond motifs is 1. The summed E-state index contributed by atoms with van der Waals surface area (Å²) in [4.78, 5) is 4.61. The van der Waals surface area contributed by atoms with Gasteiger partial charge in [0.1, 0.15) is 5.84 Å². The molecule has 0 aliphatic heterocycles. The van der Waals surface area contributed by atoms with Gasteiger partial charge in [-0.25, -0.2) is 10.8 Å². The van der Waals surface area contributed by atoms with Crippen LogP contribution in [-0.2, 0) is 7.05 Å². The summed E-state index contributed by atoms with van der Waals surface area (Å²) >= 11 is 0. The van der Waals surface area contributed by atoms with Crippen LogP contribution in [0, 0.1) is 0 Å². The van der Waals surface area contributed by atoms with Gasteiger partial charge >= 0.3 is 0 Å². The molecule has 136 valence electrons. The van der Waals surface area contributed by atoms with E-state index in [1.807, 2.05) is 37.5 Å². The topological polar surface area (TPSA) is 83.0 Å². The predicted octanol–water partition coefficient (Wildman–Crippen LogP) is 2.75. The number of nitrogens with one attached hydrogen (secondary N) is 1. The molecule has 0 atom stereocenters. The minimum atomic E-state index is 0.516. The van der Waals surface area contributed by atoms with Crippen molar-refractivity contribution < 1.29 is 14.2 Å². The number of rotatable bonds is 5. The largest absolute Gasteiger partial charge is 0.493 e. The van der Waals surface area contributed by atoms with Gasteiger partial charge in [0.2, 0.25) is 5.75 Å². The SMILES string of the molecule is COc1cc(N=C(NN)c2ccc3c(ccn3C)c2)cc(OC)c1OC. The highest BCUT2D eigenvalue weighted by molar-refractivity contribution is 6.02. The van der Waals surface area contributed by atoms with E-state index in [0.29, 0.717) is 28.8 Å². The lowest BCUT2D eigenvalue weighted by Gasteiger charge is -2.13. The number of hydrazine groups is 1. The molecular formula is C19H22N4O3. The number of aromatic nitrogens is 1. The van der Waals surface area contributed by atoms with Gasteiger partial charge in [-0.2, -0.15) is 0 Å². The Kier molecular flexibility index (Phi) is 4.99. The summed E-state index contributed by atoms with van der Waals surface area (Å²) in [6.45, 7) is 0. The van der Waals surface area contributed by atoms with Gasteiger partial charge in [-0.1, -0.05) is 0 Å². The van der Waals surface area contributed by atoms with E-state index >= 15 is 0 Å². The molecule has 0 saturated heterocycles. The van der Waals surface area contributed by atoms with E-state index in [-0.39, 0.29) is 0 Å². The monoisotopic (exact) mass is 354 g/mol. The van der Waals surface area contributed by atoms with Crippen molar-refractivity contribution in [3.05, 3.63) is 48.2 Å². The number of hydrogen-bond donors (Lipinski definition) is 2. The number of aliphatic imine (C=N–C) groups is 1. The second kappa shape index (κ2) is 7.37. The predicted molar refractivity (Wildman–Crippen MR) is 103 cm³/mol. The third-order valence-electron chi connectivity index (χ3n) is 4.19. The molecule has 0 spiro atoms. The van der Waals surface area contributed by atoms with Gasteiger partial charge in [-0.05, 0) is 24.3 Å². The maximum atomic E-state index is 5.73. The van der Waals surface area contributed by atoms with Gasteiger partial charge < -0.3 is 24.2 Å². The van der Waals surface area contributed by atoms with Crippen molar-refractivity contribution >= 4 is 22.4 Å². The molecule has 7 heteroatoms. The number of benzene rings is 2. The van der Waals surface area contributed by atoms with Crippen LogP contribution in [0.15, 0.2) is 47.6 Å². The maximum Gasteiger partial charge on any atom is 0.203 e. The van der Waals surface area contributed by atoms with Gasteiger partial charge in [0.05, 0.1) is 27.0 Å². The van der Waals surface area contributed by atoms with Crippen molar-refractivity contribution in [2.45, 2.75) is 0 Å². The van der Waals surface area contributed by atoms with Crippen molar-refractivity contribution in [1.82, 2.24) is 9.99 Å². The molecule has 0 saturated carbocycles. The van der Waals surface area contributed by atoms with E-state index in [1.54, 1.807) is 33.5 Å². The summed E-state index contributed by atoms with van der Waals surface area (Å²) in [5.74, 6) is 7.83. The molecule has 7 nitrogen and oxygen atoms in total. The normalized spacial score (nSPS) is 11.5. The van der Waals surface area contributed by atoms with Crippen LogP contribution in [0.3, 0.4) is 0 Å². The Morgan fingerprint density at radius 3 is 2.27 bits per heavy atom. The van der Waals surface area contributed by atoms with Crippen LogP contribution in [0.25, 0.3) is 10.9 Å². The standard InChI is InChI=1S/C19H22N4O3/c1-23-8-7-12-9-13(5-6-15(12)23)19(22-20)21-14-10-16(24-2)18(26-4)17(11-14)25-3/h5-11H,20H2,1-4H3,(H,21,22). The molecule has 26 heavy (non-hydrogen) atoms. The second-order valence-electron chi connectivity index (χ2n) is 5.69. The lowest BCUT2D eigenvalue weighted by atomic mass is 10.1. The summed E-state index contributed by atoms with van der Waals surface area (Å²) in [5.41, 5.74) is 5.31. The van der Waals surface area contributed by atoms with Crippen LogP contribution < -0.4 is 25.5 Å². The quantitative estimate of drug-likeness (QED) is 0.319. The van der Waals surface area contributed by atoms with Crippen molar-refractivity contribution in [2.75, 3.05) is 21.3 Å². The van der Waals surface area contributed by atoms with Gasteiger partial charge in [0.15, 0.2) is 11.5 Å². The first-order valence-electron chi connectivity index (χ1n) is 8.02. The van der Waals surface area contributed by atoms with E-state index in [4.69, 9.17) is 20.1 Å². The molecule has 3 rings (SSSR count). The van der Waals surface area contributed by atoms with Gasteiger partial charge in [-0.15, -0.1) is 0 Å². The first-order chi connectivity index (χ1) is 12.6. The molecule has 1 heterocycles. The van der Waals surface area contributed by atoms with Crippen LogP contribution in [0.1, 0.15) is 5.56 Å². The lowest BCUT2D eigenvalue weighted by molar-refractivity contribution is 0.324. The zero-order valence-corrected chi connectivity index (χ0v) is 15.2. The van der Waals surface area contributed by atoms with E-state index in [1.165, 1.54) is 0 Å². The fourth-order valence-electron chi connectivity index (χ4n) is 2.87. The first-order valence-corrected chi connectivity index (χ1v) is 8.02. The number of hydrogen-bond acceptors (Lipinski definition) is 5. The minimum Gasteiger partial charge on any atom is -0.493 e. The van der Waals surface area contributed by atoms with Crippen LogP contribution >= 0.6 is 0 Å². The Labute approximate surface area is 152 Å². The highest BCUT2D eigenvalue weighted by atomic mass is 16.5. The van der Waals surface area contributed by atoms with E-state index in [0.717, 1.165) is 16.5 Å². The number of amidine groups is 1. The maximum absolute atomic E-state index is 5.73. The fraction of sp³-hybridized carbons (Fsp3) is 0.211. The molecule has 0 bridgehead atoms. The Morgan fingerprint density at radius 2 is 1.69 bits per heavy atom. The van der Waals surface area contributed by atoms with Gasteiger partial charge in [-0.3, -0.25) is 0 Å². The van der Waals surface area contributed by atoms with Crippen LogP contribution in [0.4, 0.5) is 5.69 Å². The van der Waals surface area contributed by atoms with Gasteiger partial charge in [0, 0.05) is 41.8 Å². The van der Waals surface area contributed by atoms with E-state index < -0.39 is 0 Å². The Morgan fingerprint density at radius 1 is 1.00 bits per heavy atom. The number of aryl methyl sites for hydroxylation is 1. The van der Waals surface area contributed by atoms with Crippen molar-refractivity contribution in [1.29, 1.82) is 0 Å². The lowest BCUT2D eigenvalue weighted by Crippen LogP contribution is -2.30. The van der Waals surface area contributed by atoms with E-state index in [9.17, 15) is 0 Å². The summed E-state index contributed by atoms with van der Waals surface area (Å²) < 4.78 is 18.1. The van der Waals surface area contributed by atoms with Crippen molar-refractivity contribution in [3.8, 4) is 17.2 Å². The highest BCUT2D eigenvalue weighted by Crippen LogP contribution is 2.40. The van der Waals surface area contributed by atoms with Crippen LogP contribution in [0.5, 0.6) is 17.2 Å². The summed E-state index contributed by atoms with van der Waals surface area (Å²) in [6.07, 6.45) is 2.01. The molecule has 3 N–H and O–H groups in total. The molecule has 2 aromatic carbocycles. The summed E-state index contributed by atoms with van der Waals surface area (Å²) in [7, 11) is 6.70. The number of ether oxygens (including phenoxy) is 3. The highest BCUT2D eigenvalue weighted by Gasteiger charge is 2.14. The molecule has 1 aromatic heterocycles. The third-order valence-corrected chi connectivity index (χ3v) is 4.19. The van der Waals surface area contributed by atoms with E-state index in [2.05, 4.69) is 15.0 Å². The number of nitrogens with zero attached hydrogens (tertiary/aromatic N) is 2. The Bertz CT molecular complexity index is 938. The minimum absolute atomic E-state index is 0.516. The van der Waals surface area contributed by atoms with Crippen molar-refractivity contribution in [2.24, 2.45) is 17.9 Å². The van der Waals surface area contributed by atoms with Crippen LogP contribution in [0.2, 0.25) is 0 Å². The second-order valence-corrected chi connectivity index (χ2v) is 5.69. The molecule has 0 radical (unpaired) electrons. The first kappa shape index (κ1) is 17.6. The Hall–Kier alpha value is -3.19. The molecule has 0 aliphatic rings.